The van der Waals surface area contributed by atoms with E-state index in [1.54, 1.807) is 0 Å². The third kappa shape index (κ3) is 2.18. The maximum atomic E-state index is 10.6. The van der Waals surface area contributed by atoms with Crippen LogP contribution in [-0.2, 0) is 0 Å². The van der Waals surface area contributed by atoms with Crippen molar-refractivity contribution in [2.24, 2.45) is 17.3 Å². The van der Waals surface area contributed by atoms with Gasteiger partial charge >= 0.3 is 0 Å². The Morgan fingerprint density at radius 1 is 0.800 bits per heavy atom. The fraction of sp³-hybridized carbons (Fsp3) is 1.00. The summed E-state index contributed by atoms with van der Waals surface area (Å²) >= 11 is 0. The van der Waals surface area contributed by atoms with Gasteiger partial charge in [0.05, 0.1) is 30.8 Å². The molecule has 0 bridgehead atoms. The molecule has 0 aromatic rings. The molecule has 0 amide bonds. The molecule has 0 rings (SSSR count). The van der Waals surface area contributed by atoms with Gasteiger partial charge in [-0.3, -0.25) is 0 Å². The van der Waals surface area contributed by atoms with Crippen molar-refractivity contribution in [2.75, 3.05) is 19.8 Å². The Hall–Kier alpha value is -0.160. The molecule has 4 nitrogen and oxygen atoms in total. The molecule has 0 radical (unpaired) electrons. The maximum Gasteiger partial charge on any atom is 0.0815 e. The summed E-state index contributed by atoms with van der Waals surface area (Å²) in [6.45, 7) is 5.95. The largest absolute Gasteiger partial charge is 0.395 e. The van der Waals surface area contributed by atoms with Crippen LogP contribution in [0.25, 0.3) is 0 Å². The minimum Gasteiger partial charge on any atom is -0.395 e. The van der Waals surface area contributed by atoms with Gasteiger partial charge in [0.1, 0.15) is 0 Å². The first-order valence-corrected chi connectivity index (χ1v) is 5.37. The highest BCUT2D eigenvalue weighted by atomic mass is 16.3. The van der Waals surface area contributed by atoms with E-state index in [1.165, 1.54) is 0 Å². The van der Waals surface area contributed by atoms with Crippen LogP contribution in [0.2, 0.25) is 0 Å². The van der Waals surface area contributed by atoms with Crippen molar-refractivity contribution in [3.05, 3.63) is 0 Å². The van der Waals surface area contributed by atoms with Crippen molar-refractivity contribution in [3.8, 4) is 0 Å². The molecule has 92 valence electrons. The molecule has 15 heavy (non-hydrogen) atoms. The van der Waals surface area contributed by atoms with Crippen molar-refractivity contribution in [2.45, 2.75) is 33.3 Å². The van der Waals surface area contributed by atoms with Crippen molar-refractivity contribution in [1.82, 2.24) is 0 Å². The number of hydrogen-bond donors (Lipinski definition) is 4. The highest BCUT2D eigenvalue weighted by molar-refractivity contribution is 5.02. The molecule has 0 aliphatic carbocycles. The van der Waals surface area contributed by atoms with Gasteiger partial charge in [-0.15, -0.1) is 0 Å². The van der Waals surface area contributed by atoms with Gasteiger partial charge in [0.2, 0.25) is 0 Å². The van der Waals surface area contributed by atoms with Gasteiger partial charge in [0.15, 0.2) is 0 Å². The Balaban J connectivity index is 5.37. The summed E-state index contributed by atoms with van der Waals surface area (Å²) in [5, 5.41) is 38.6. The van der Waals surface area contributed by atoms with Crippen LogP contribution in [0.5, 0.6) is 0 Å². The molecule has 0 aromatic carbocycles. The first-order chi connectivity index (χ1) is 6.82. The predicted molar refractivity (Wildman–Crippen MR) is 58.3 cm³/mol. The minimum absolute atomic E-state index is 0.163. The molecule has 4 heteroatoms. The summed E-state index contributed by atoms with van der Waals surface area (Å²) in [6, 6.07) is 0. The fourth-order valence-electron chi connectivity index (χ4n) is 2.42. The fourth-order valence-corrected chi connectivity index (χ4v) is 2.42. The zero-order valence-corrected chi connectivity index (χ0v) is 10.1. The summed E-state index contributed by atoms with van der Waals surface area (Å²) in [7, 11) is 0. The summed E-state index contributed by atoms with van der Waals surface area (Å²) < 4.78 is 0. The SMILES string of the molecule is CC(C)C(O)(C(C)C)C(CO)(CO)CO. The van der Waals surface area contributed by atoms with Crippen LogP contribution in [0.15, 0.2) is 0 Å². The van der Waals surface area contributed by atoms with E-state index in [4.69, 9.17) is 0 Å². The molecule has 0 aliphatic rings. The van der Waals surface area contributed by atoms with Crippen LogP contribution in [-0.4, -0.2) is 45.8 Å². The van der Waals surface area contributed by atoms with Gasteiger partial charge in [0, 0.05) is 0 Å². The lowest BCUT2D eigenvalue weighted by atomic mass is 9.62. The highest BCUT2D eigenvalue weighted by Gasteiger charge is 2.53. The van der Waals surface area contributed by atoms with E-state index in [9.17, 15) is 20.4 Å². The Morgan fingerprint density at radius 2 is 1.07 bits per heavy atom. The second-order valence-corrected chi connectivity index (χ2v) is 4.89. The van der Waals surface area contributed by atoms with Crippen molar-refractivity contribution < 1.29 is 20.4 Å². The van der Waals surface area contributed by atoms with Gasteiger partial charge in [0.25, 0.3) is 0 Å². The van der Waals surface area contributed by atoms with Gasteiger partial charge < -0.3 is 20.4 Å². The lowest BCUT2D eigenvalue weighted by Gasteiger charge is -2.49. The van der Waals surface area contributed by atoms with E-state index in [0.717, 1.165) is 0 Å². The molecule has 0 saturated carbocycles. The van der Waals surface area contributed by atoms with Crippen LogP contribution in [0, 0.1) is 17.3 Å². The number of aliphatic hydroxyl groups is 4. The van der Waals surface area contributed by atoms with Crippen molar-refractivity contribution in [3.63, 3.8) is 0 Å². The van der Waals surface area contributed by atoms with E-state index in [2.05, 4.69) is 0 Å². The molecule has 0 unspecified atom stereocenters. The maximum absolute atomic E-state index is 10.6. The van der Waals surface area contributed by atoms with E-state index in [1.807, 2.05) is 27.7 Å². The topological polar surface area (TPSA) is 80.9 Å². The monoisotopic (exact) mass is 220 g/mol. The van der Waals surface area contributed by atoms with Crippen LogP contribution < -0.4 is 0 Å². The lowest BCUT2D eigenvalue weighted by molar-refractivity contribution is -0.198. The molecule has 0 aliphatic heterocycles. The molecule has 0 fully saturated rings. The average Bonchev–Trinajstić information content (AvgIpc) is 2.20. The Labute approximate surface area is 91.6 Å². The lowest BCUT2D eigenvalue weighted by Crippen LogP contribution is -2.61. The average molecular weight is 220 g/mol. The smallest absolute Gasteiger partial charge is 0.0815 e. The number of hydrogen-bond acceptors (Lipinski definition) is 4. The van der Waals surface area contributed by atoms with Crippen LogP contribution >= 0.6 is 0 Å². The third-order valence-corrected chi connectivity index (χ3v) is 3.52. The molecule has 0 atom stereocenters. The molecular weight excluding hydrogens is 196 g/mol. The standard InChI is InChI=1S/C11H24O4/c1-8(2)11(15,9(3)4)10(5-12,6-13)7-14/h8-9,12-15H,5-7H2,1-4H3. The summed E-state index contributed by atoms with van der Waals surface area (Å²) in [5.74, 6) is -0.326. The first-order valence-electron chi connectivity index (χ1n) is 5.37. The number of aliphatic hydroxyl groups excluding tert-OH is 3. The van der Waals surface area contributed by atoms with Gasteiger partial charge in [-0.2, -0.15) is 0 Å². The molecule has 4 N–H and O–H groups in total. The van der Waals surface area contributed by atoms with E-state index in [0.29, 0.717) is 0 Å². The van der Waals surface area contributed by atoms with Crippen LogP contribution in [0.1, 0.15) is 27.7 Å². The molecule has 0 saturated heterocycles. The van der Waals surface area contributed by atoms with E-state index < -0.39 is 30.8 Å². The normalized spacial score (nSPS) is 14.0. The third-order valence-electron chi connectivity index (χ3n) is 3.52. The molecule has 0 heterocycles. The minimum atomic E-state index is -1.29. The van der Waals surface area contributed by atoms with E-state index in [-0.39, 0.29) is 11.8 Å². The summed E-state index contributed by atoms with van der Waals surface area (Å²) in [5.41, 5.74) is -2.54. The van der Waals surface area contributed by atoms with Crippen LogP contribution in [0.4, 0.5) is 0 Å². The van der Waals surface area contributed by atoms with Crippen molar-refractivity contribution in [1.29, 1.82) is 0 Å². The Bertz CT molecular complexity index is 169. The first kappa shape index (κ1) is 14.8. The molecular formula is C11H24O4. The predicted octanol–water partition coefficient (Wildman–Crippen LogP) is -0.00720. The second kappa shape index (κ2) is 5.25. The van der Waals surface area contributed by atoms with Crippen LogP contribution in [0.3, 0.4) is 0 Å². The van der Waals surface area contributed by atoms with Crippen molar-refractivity contribution >= 4 is 0 Å². The number of rotatable bonds is 6. The second-order valence-electron chi connectivity index (χ2n) is 4.89. The summed E-state index contributed by atoms with van der Waals surface area (Å²) in [4.78, 5) is 0. The van der Waals surface area contributed by atoms with Gasteiger partial charge in [-0.25, -0.2) is 0 Å². The Morgan fingerprint density at radius 3 is 1.13 bits per heavy atom. The van der Waals surface area contributed by atoms with E-state index >= 15 is 0 Å². The molecule has 0 aromatic heterocycles. The quantitative estimate of drug-likeness (QED) is 0.507. The van der Waals surface area contributed by atoms with Gasteiger partial charge in [-0.05, 0) is 11.8 Å². The molecule has 0 spiro atoms. The Kier molecular flexibility index (Phi) is 5.20. The summed E-state index contributed by atoms with van der Waals surface area (Å²) in [6.07, 6.45) is 0. The zero-order valence-electron chi connectivity index (χ0n) is 10.1. The zero-order chi connectivity index (χ0) is 12.3. The van der Waals surface area contributed by atoms with Gasteiger partial charge in [-0.1, -0.05) is 27.7 Å². The highest BCUT2D eigenvalue weighted by Crippen LogP contribution is 2.42.